The molecule has 20 valence electrons. The molecule has 4 heteroatoms. The molecule has 0 N–H and O–H groups in total. The minimum atomic E-state index is 0. The summed E-state index contributed by atoms with van der Waals surface area (Å²) < 4.78 is 0. The van der Waals surface area contributed by atoms with Gasteiger partial charge in [-0.05, 0) is 0 Å². The molecular weight excluding hydrogens is 343 g/mol. The van der Waals surface area contributed by atoms with E-state index < -0.39 is 0 Å². The average molecular weight is 345 g/mol. The van der Waals surface area contributed by atoms with Crippen molar-refractivity contribution in [1.82, 2.24) is 0 Å². The Kier molecular flexibility index (Phi) is 103. The molecule has 0 fully saturated rings. The SMILES string of the molecule is [Dy].[H-].[H-].[Mg+2].[Zn].[Zr]. The van der Waals surface area contributed by atoms with E-state index in [1.807, 2.05) is 0 Å². The van der Waals surface area contributed by atoms with Gasteiger partial charge in [-0.3, -0.25) is 0 Å². The number of rotatable bonds is 0. The molecule has 0 aromatic rings. The maximum Gasteiger partial charge on any atom is 2.00 e. The minimum absolute atomic E-state index is 0. The molecule has 0 aliphatic carbocycles. The van der Waals surface area contributed by atoms with E-state index in [9.17, 15) is 0 Å². The van der Waals surface area contributed by atoms with Gasteiger partial charge in [-0.25, -0.2) is 0 Å². The van der Waals surface area contributed by atoms with Crippen LogP contribution in [0.15, 0.2) is 0 Å². The normalized spacial score (nSPS) is 0. The van der Waals surface area contributed by atoms with Gasteiger partial charge < -0.3 is 2.85 Å². The largest absolute Gasteiger partial charge is 2.00 e. The van der Waals surface area contributed by atoms with Crippen molar-refractivity contribution in [3.05, 3.63) is 0 Å². The predicted molar refractivity (Wildman–Crippen MR) is 7.98 cm³/mol. The molecule has 0 aromatic heterocycles. The van der Waals surface area contributed by atoms with Crippen LogP contribution < -0.4 is 0 Å². The van der Waals surface area contributed by atoms with Crippen molar-refractivity contribution < 1.29 is 86.7 Å². The van der Waals surface area contributed by atoms with Crippen LogP contribution in [0.1, 0.15) is 2.85 Å². The van der Waals surface area contributed by atoms with E-state index in [4.69, 9.17) is 0 Å². The Hall–Kier alpha value is 3.55. The van der Waals surface area contributed by atoms with Gasteiger partial charge in [-0.1, -0.05) is 0 Å². The van der Waals surface area contributed by atoms with Gasteiger partial charge in [0.1, 0.15) is 0 Å². The van der Waals surface area contributed by atoms with Crippen LogP contribution in [0.5, 0.6) is 0 Å². The Labute approximate surface area is 107 Å². The zero-order valence-electron chi connectivity index (χ0n) is 4.23. The van der Waals surface area contributed by atoms with Crippen molar-refractivity contribution in [2.24, 2.45) is 0 Å². The quantitative estimate of drug-likeness (QED) is 0.535. The van der Waals surface area contributed by atoms with Gasteiger partial charge in [0, 0.05) is 83.9 Å². The monoisotopic (exact) mass is 344 g/mol. The van der Waals surface area contributed by atoms with E-state index in [-0.39, 0.29) is 110 Å². The molecular formula is H2DyMgZnZr. The minimum Gasteiger partial charge on any atom is -1.00 e. The van der Waals surface area contributed by atoms with Crippen molar-refractivity contribution >= 4 is 23.1 Å². The first-order chi connectivity index (χ1) is 0. The third-order valence-corrected chi connectivity index (χ3v) is 0. The van der Waals surface area contributed by atoms with Gasteiger partial charge in [0.05, 0.1) is 0 Å². The fourth-order valence-electron chi connectivity index (χ4n) is 0. The molecule has 0 amide bonds. The fraction of sp³-hybridized carbons (Fsp3) is 0. The Bertz CT molecular complexity index is 13.5. The number of hydrogen-bond donors (Lipinski definition) is 0. The van der Waals surface area contributed by atoms with Crippen LogP contribution in [0.4, 0.5) is 0 Å². The molecule has 0 bridgehead atoms. The van der Waals surface area contributed by atoms with Crippen LogP contribution in [-0.4, -0.2) is 23.1 Å². The topological polar surface area (TPSA) is 0 Å². The molecule has 0 saturated carbocycles. The summed E-state index contributed by atoms with van der Waals surface area (Å²) in [6.45, 7) is 0. The van der Waals surface area contributed by atoms with Crippen molar-refractivity contribution in [1.29, 1.82) is 0 Å². The molecule has 0 atom stereocenters. The predicted octanol–water partition coefficient (Wildman–Crippen LogP) is -0.161. The van der Waals surface area contributed by atoms with E-state index in [0.29, 0.717) is 0 Å². The van der Waals surface area contributed by atoms with Crippen LogP contribution >= 0.6 is 0 Å². The Morgan fingerprint density at radius 2 is 1.25 bits per heavy atom. The number of hydrogen-bond acceptors (Lipinski definition) is 0. The summed E-state index contributed by atoms with van der Waals surface area (Å²) in [5, 5.41) is 0. The fourth-order valence-corrected chi connectivity index (χ4v) is 0. The second-order valence-electron chi connectivity index (χ2n) is 0. The first kappa shape index (κ1) is 25.7. The van der Waals surface area contributed by atoms with Crippen LogP contribution in [0.25, 0.3) is 0 Å². The molecule has 0 aliphatic rings. The van der Waals surface area contributed by atoms with Crippen molar-refractivity contribution in [2.45, 2.75) is 0 Å². The second-order valence-corrected chi connectivity index (χ2v) is 0. The molecule has 0 aliphatic heterocycles. The third kappa shape index (κ3) is 9.11. The summed E-state index contributed by atoms with van der Waals surface area (Å²) in [4.78, 5) is 0. The average Bonchev–Trinajstić information content (AvgIpc) is 0. The molecule has 0 spiro atoms. The second kappa shape index (κ2) is 16.0. The van der Waals surface area contributed by atoms with E-state index in [1.54, 1.807) is 0 Å². The van der Waals surface area contributed by atoms with E-state index >= 15 is 0 Å². The molecule has 0 heterocycles. The summed E-state index contributed by atoms with van der Waals surface area (Å²) in [6.07, 6.45) is 0. The summed E-state index contributed by atoms with van der Waals surface area (Å²) in [7, 11) is 0. The maximum atomic E-state index is 0. The van der Waals surface area contributed by atoms with Gasteiger partial charge in [-0.15, -0.1) is 0 Å². The van der Waals surface area contributed by atoms with Crippen LogP contribution in [-0.2, 0) is 45.7 Å². The standard InChI is InChI=1S/Dy.Mg.Zn.Zr.2H/q;+2;;;2*-1. The van der Waals surface area contributed by atoms with Crippen molar-refractivity contribution in [3.63, 3.8) is 0 Å². The van der Waals surface area contributed by atoms with Gasteiger partial charge >= 0.3 is 23.1 Å². The van der Waals surface area contributed by atoms with E-state index in [2.05, 4.69) is 0 Å². The molecule has 0 radical (unpaired) electrons. The zero-order valence-corrected chi connectivity index (χ0v) is 11.1. The summed E-state index contributed by atoms with van der Waals surface area (Å²) in [5.74, 6) is 0. The first-order valence-electron chi connectivity index (χ1n) is 0. The van der Waals surface area contributed by atoms with Crippen molar-refractivity contribution in [3.8, 4) is 0 Å². The maximum absolute atomic E-state index is 0. The van der Waals surface area contributed by atoms with Gasteiger partial charge in [0.2, 0.25) is 0 Å². The molecule has 0 unspecified atom stereocenters. The summed E-state index contributed by atoms with van der Waals surface area (Å²) >= 11 is 0. The molecule has 4 heavy (non-hydrogen) atoms. The molecule has 0 saturated heterocycles. The Morgan fingerprint density at radius 1 is 1.25 bits per heavy atom. The molecule has 0 aromatic carbocycles. The van der Waals surface area contributed by atoms with Crippen LogP contribution in [0, 0.1) is 38.2 Å². The van der Waals surface area contributed by atoms with Gasteiger partial charge in [0.15, 0.2) is 0 Å². The van der Waals surface area contributed by atoms with Crippen LogP contribution in [0.2, 0.25) is 0 Å². The van der Waals surface area contributed by atoms with Crippen LogP contribution in [0.3, 0.4) is 0 Å². The van der Waals surface area contributed by atoms with Gasteiger partial charge in [0.25, 0.3) is 0 Å². The zero-order chi connectivity index (χ0) is 0. The summed E-state index contributed by atoms with van der Waals surface area (Å²) in [6, 6.07) is 0. The van der Waals surface area contributed by atoms with Gasteiger partial charge in [-0.2, -0.15) is 0 Å². The molecule has 0 rings (SSSR count). The third-order valence-electron chi connectivity index (χ3n) is 0. The smallest absolute Gasteiger partial charge is 1.00 e. The van der Waals surface area contributed by atoms with Crippen molar-refractivity contribution in [2.75, 3.05) is 0 Å². The molecule has 0 nitrogen and oxygen atoms in total. The Balaban J connectivity index is 0. The first-order valence-corrected chi connectivity index (χ1v) is 0. The van der Waals surface area contributed by atoms with E-state index in [1.165, 1.54) is 0 Å². The van der Waals surface area contributed by atoms with E-state index in [0.717, 1.165) is 0 Å². The summed E-state index contributed by atoms with van der Waals surface area (Å²) in [5.41, 5.74) is 0. The Morgan fingerprint density at radius 3 is 1.25 bits per heavy atom.